The number of hydrogen-bond acceptors (Lipinski definition) is 2. The van der Waals surface area contributed by atoms with Crippen LogP contribution in [-0.4, -0.2) is 42.3 Å². The van der Waals surface area contributed by atoms with Crippen LogP contribution >= 0.6 is 0 Å². The Morgan fingerprint density at radius 1 is 0.946 bits per heavy atom. The molecule has 37 heavy (non-hydrogen) atoms. The van der Waals surface area contributed by atoms with E-state index in [1.807, 2.05) is 12.1 Å². The molecule has 0 saturated carbocycles. The molecule has 3 aromatic rings. The highest BCUT2D eigenvalue weighted by Gasteiger charge is 2.26. The van der Waals surface area contributed by atoms with Gasteiger partial charge in [-0.2, -0.15) is 0 Å². The summed E-state index contributed by atoms with van der Waals surface area (Å²) in [6.07, 6.45) is 4.49. The van der Waals surface area contributed by atoms with Gasteiger partial charge in [0.1, 0.15) is 0 Å². The number of carbonyl (C=O) groups is 1. The van der Waals surface area contributed by atoms with Crippen LogP contribution in [0.1, 0.15) is 68.6 Å². The lowest BCUT2D eigenvalue weighted by Gasteiger charge is -2.39. The van der Waals surface area contributed by atoms with Gasteiger partial charge in [-0.05, 0) is 114 Å². The molecule has 4 heteroatoms. The molecule has 3 nitrogen and oxygen atoms in total. The van der Waals surface area contributed by atoms with Crippen LogP contribution < -0.4 is 0 Å². The number of benzene rings is 3. The Hall–Kier alpha value is -3.24. The van der Waals surface area contributed by atoms with Crippen molar-refractivity contribution in [2.45, 2.75) is 46.0 Å². The van der Waals surface area contributed by atoms with Crippen molar-refractivity contribution < 1.29 is 14.3 Å². The van der Waals surface area contributed by atoms with Gasteiger partial charge in [-0.3, -0.25) is 4.39 Å². The zero-order valence-electron chi connectivity index (χ0n) is 21.9. The number of allylic oxidation sites excluding steroid dienone is 1. The average Bonchev–Trinajstić information content (AvgIpc) is 3.06. The molecule has 1 saturated heterocycles. The standard InChI is InChI=1S/C33H36FNO2/c1-22-7-10-28(17-23(22)2)30-6-3-5-27-19-29(33(36)37)13-14-31(27)32(30)26-11-8-24(9-12-26)18-25-20-35(21-25)16-4-15-34/h7-14,17,19,25H,3-6,15-16,18,20-21H2,1-2H3,(H,36,37). The third-order valence-corrected chi connectivity index (χ3v) is 8.06. The molecule has 0 atom stereocenters. The van der Waals surface area contributed by atoms with Crippen LogP contribution in [0.2, 0.25) is 0 Å². The lowest BCUT2D eigenvalue weighted by Crippen LogP contribution is -2.47. The first-order chi connectivity index (χ1) is 17.9. The Balaban J connectivity index is 1.50. The van der Waals surface area contributed by atoms with Crippen LogP contribution in [0.15, 0.2) is 60.7 Å². The predicted molar refractivity (Wildman–Crippen MR) is 149 cm³/mol. The van der Waals surface area contributed by atoms with E-state index in [9.17, 15) is 14.3 Å². The normalized spacial score (nSPS) is 16.3. The molecule has 0 amide bonds. The second kappa shape index (κ2) is 11.0. The highest BCUT2D eigenvalue weighted by atomic mass is 19.1. The van der Waals surface area contributed by atoms with Crippen molar-refractivity contribution in [3.8, 4) is 0 Å². The first-order valence-electron chi connectivity index (χ1n) is 13.5. The van der Waals surface area contributed by atoms with Crippen LogP contribution in [0.5, 0.6) is 0 Å². The molecule has 2 aliphatic rings. The van der Waals surface area contributed by atoms with Crippen LogP contribution in [-0.2, 0) is 12.8 Å². The van der Waals surface area contributed by atoms with Gasteiger partial charge in [-0.15, -0.1) is 0 Å². The molecule has 1 fully saturated rings. The SMILES string of the molecule is Cc1ccc(C2=C(c3ccc(CC4CN(CCCF)C4)cc3)c3ccc(C(=O)O)cc3CCC2)cc1C. The number of hydrogen-bond donors (Lipinski definition) is 1. The Labute approximate surface area is 219 Å². The summed E-state index contributed by atoms with van der Waals surface area (Å²) < 4.78 is 12.4. The summed E-state index contributed by atoms with van der Waals surface area (Å²) in [5.74, 6) is -0.237. The average molecular weight is 498 g/mol. The molecule has 1 aliphatic heterocycles. The molecule has 0 bridgehead atoms. The highest BCUT2D eigenvalue weighted by Crippen LogP contribution is 2.40. The maximum Gasteiger partial charge on any atom is 0.335 e. The van der Waals surface area contributed by atoms with Gasteiger partial charge >= 0.3 is 5.97 Å². The fourth-order valence-corrected chi connectivity index (χ4v) is 5.88. The third kappa shape index (κ3) is 5.55. The number of carboxylic acids is 1. The van der Waals surface area contributed by atoms with E-state index in [1.54, 1.807) is 6.07 Å². The number of halogens is 1. The molecule has 192 valence electrons. The molecule has 0 radical (unpaired) electrons. The van der Waals surface area contributed by atoms with Crippen molar-refractivity contribution in [2.24, 2.45) is 5.92 Å². The molecule has 0 aromatic heterocycles. The minimum Gasteiger partial charge on any atom is -0.478 e. The number of alkyl halides is 1. The maximum atomic E-state index is 12.4. The summed E-state index contributed by atoms with van der Waals surface area (Å²) in [6, 6.07) is 21.3. The van der Waals surface area contributed by atoms with E-state index in [-0.39, 0.29) is 6.67 Å². The number of aromatic carboxylic acids is 1. The molecule has 1 heterocycles. The van der Waals surface area contributed by atoms with Gasteiger partial charge in [0.15, 0.2) is 0 Å². The number of rotatable bonds is 8. The minimum absolute atomic E-state index is 0.233. The summed E-state index contributed by atoms with van der Waals surface area (Å²) >= 11 is 0. The maximum absolute atomic E-state index is 12.4. The first-order valence-corrected chi connectivity index (χ1v) is 13.5. The quantitative estimate of drug-likeness (QED) is 0.360. The third-order valence-electron chi connectivity index (χ3n) is 8.06. The Kier molecular flexibility index (Phi) is 7.57. The molecular weight excluding hydrogens is 461 g/mol. The van der Waals surface area contributed by atoms with Crippen LogP contribution in [0, 0.1) is 19.8 Å². The summed E-state index contributed by atoms with van der Waals surface area (Å²) in [5.41, 5.74) is 11.5. The van der Waals surface area contributed by atoms with Crippen LogP contribution in [0.25, 0.3) is 11.1 Å². The summed E-state index contributed by atoms with van der Waals surface area (Å²) in [6.45, 7) is 7.06. The van der Waals surface area contributed by atoms with E-state index in [2.05, 4.69) is 61.2 Å². The molecule has 5 rings (SSSR count). The number of aryl methyl sites for hydroxylation is 3. The predicted octanol–water partition coefficient (Wildman–Crippen LogP) is 7.13. The van der Waals surface area contributed by atoms with Crippen molar-refractivity contribution >= 4 is 17.1 Å². The van der Waals surface area contributed by atoms with Gasteiger partial charge in [0, 0.05) is 19.6 Å². The van der Waals surface area contributed by atoms with Crippen molar-refractivity contribution in [2.75, 3.05) is 26.3 Å². The number of likely N-dealkylation sites (tertiary alicyclic amines) is 1. The van der Waals surface area contributed by atoms with Gasteiger partial charge in [0.25, 0.3) is 0 Å². The largest absolute Gasteiger partial charge is 0.478 e. The Bertz CT molecular complexity index is 1320. The monoisotopic (exact) mass is 497 g/mol. The van der Waals surface area contributed by atoms with E-state index >= 15 is 0 Å². The summed E-state index contributed by atoms with van der Waals surface area (Å²) in [7, 11) is 0. The summed E-state index contributed by atoms with van der Waals surface area (Å²) in [4.78, 5) is 14.0. The zero-order valence-corrected chi connectivity index (χ0v) is 21.9. The van der Waals surface area contributed by atoms with E-state index in [0.29, 0.717) is 17.9 Å². The molecule has 0 unspecified atom stereocenters. The highest BCUT2D eigenvalue weighted by molar-refractivity contribution is 6.00. The lowest BCUT2D eigenvalue weighted by atomic mass is 9.85. The second-order valence-corrected chi connectivity index (χ2v) is 10.8. The lowest BCUT2D eigenvalue weighted by molar-refractivity contribution is 0.0696. The van der Waals surface area contributed by atoms with Crippen molar-refractivity contribution in [1.29, 1.82) is 0 Å². The number of carboxylic acid groups (broad SMARTS) is 1. The van der Waals surface area contributed by atoms with E-state index < -0.39 is 5.97 Å². The summed E-state index contributed by atoms with van der Waals surface area (Å²) in [5, 5.41) is 9.58. The fraction of sp³-hybridized carbons (Fsp3) is 0.364. The molecule has 1 N–H and O–H groups in total. The Morgan fingerprint density at radius 3 is 2.41 bits per heavy atom. The van der Waals surface area contributed by atoms with Crippen LogP contribution in [0.4, 0.5) is 4.39 Å². The smallest absolute Gasteiger partial charge is 0.335 e. The molecule has 0 spiro atoms. The molecule has 3 aromatic carbocycles. The fourth-order valence-electron chi connectivity index (χ4n) is 5.88. The molecular formula is C33H36FNO2. The van der Waals surface area contributed by atoms with E-state index in [0.717, 1.165) is 56.4 Å². The van der Waals surface area contributed by atoms with Gasteiger partial charge in [0.05, 0.1) is 12.2 Å². The number of fused-ring (bicyclic) bond motifs is 1. The first kappa shape index (κ1) is 25.4. The van der Waals surface area contributed by atoms with Crippen molar-refractivity contribution in [1.82, 2.24) is 4.90 Å². The van der Waals surface area contributed by atoms with Crippen molar-refractivity contribution in [3.05, 3.63) is 105 Å². The number of nitrogens with zero attached hydrogens (tertiary/aromatic N) is 1. The van der Waals surface area contributed by atoms with E-state index in [4.69, 9.17) is 0 Å². The van der Waals surface area contributed by atoms with Gasteiger partial charge in [-0.25, -0.2) is 4.79 Å². The van der Waals surface area contributed by atoms with Crippen molar-refractivity contribution in [3.63, 3.8) is 0 Å². The molecule has 1 aliphatic carbocycles. The van der Waals surface area contributed by atoms with E-state index in [1.165, 1.54) is 39.0 Å². The second-order valence-electron chi connectivity index (χ2n) is 10.8. The minimum atomic E-state index is -0.879. The van der Waals surface area contributed by atoms with Gasteiger partial charge < -0.3 is 10.0 Å². The van der Waals surface area contributed by atoms with Gasteiger partial charge in [0.2, 0.25) is 0 Å². The van der Waals surface area contributed by atoms with Gasteiger partial charge in [-0.1, -0.05) is 48.5 Å². The van der Waals surface area contributed by atoms with Crippen LogP contribution in [0.3, 0.4) is 0 Å². The zero-order chi connectivity index (χ0) is 25.9. The Morgan fingerprint density at radius 2 is 1.70 bits per heavy atom. The topological polar surface area (TPSA) is 40.5 Å².